The van der Waals surface area contributed by atoms with Crippen molar-refractivity contribution in [2.24, 2.45) is 11.8 Å². The monoisotopic (exact) mass is 592 g/mol. The van der Waals surface area contributed by atoms with Crippen LogP contribution in [0.1, 0.15) is 67.4 Å². The van der Waals surface area contributed by atoms with Crippen LogP contribution in [0.5, 0.6) is 23.0 Å². The van der Waals surface area contributed by atoms with Gasteiger partial charge in [-0.1, -0.05) is 13.3 Å². The summed E-state index contributed by atoms with van der Waals surface area (Å²) in [6, 6.07) is 8.35. The maximum atomic E-state index is 13.6. The fourth-order valence-electron chi connectivity index (χ4n) is 7.42. The van der Waals surface area contributed by atoms with Gasteiger partial charge in [-0.2, -0.15) is 0 Å². The molecule has 2 aromatic carbocycles. The third-order valence-corrected chi connectivity index (χ3v) is 9.79. The highest BCUT2D eigenvalue weighted by Gasteiger charge is 2.42. The van der Waals surface area contributed by atoms with Crippen molar-refractivity contribution in [3.63, 3.8) is 0 Å². The van der Waals surface area contributed by atoms with E-state index in [-0.39, 0.29) is 23.6 Å². The van der Waals surface area contributed by atoms with Crippen LogP contribution >= 0.6 is 0 Å². The third-order valence-electron chi connectivity index (χ3n) is 9.79. The van der Waals surface area contributed by atoms with Gasteiger partial charge in [-0.3, -0.25) is 9.69 Å². The molecule has 0 aromatic heterocycles. The van der Waals surface area contributed by atoms with Crippen molar-refractivity contribution >= 4 is 11.9 Å². The minimum absolute atomic E-state index is 0.0322. The molecule has 2 aromatic rings. The van der Waals surface area contributed by atoms with Gasteiger partial charge in [0.2, 0.25) is 5.91 Å². The molecule has 1 saturated heterocycles. The van der Waals surface area contributed by atoms with E-state index in [1.54, 1.807) is 28.4 Å². The topological polar surface area (TPSA) is 97.8 Å². The number of nitrogens with zero attached hydrogens (tertiary/aromatic N) is 2. The van der Waals surface area contributed by atoms with Crippen LogP contribution in [0.25, 0.3) is 0 Å². The summed E-state index contributed by atoms with van der Waals surface area (Å²) < 4.78 is 22.6. The molecule has 1 fully saturated rings. The van der Waals surface area contributed by atoms with E-state index in [0.29, 0.717) is 36.3 Å². The van der Waals surface area contributed by atoms with Crippen LogP contribution in [0.15, 0.2) is 35.9 Å². The Bertz CT molecular complexity index is 1400. The lowest BCUT2D eigenvalue weighted by molar-refractivity contribution is -0.134. The summed E-state index contributed by atoms with van der Waals surface area (Å²) in [5.74, 6) is 2.26. The molecule has 3 aliphatic rings. The molecule has 9 heteroatoms. The maximum absolute atomic E-state index is 13.6. The van der Waals surface area contributed by atoms with Crippen LogP contribution in [-0.2, 0) is 22.4 Å². The molecule has 1 N–H and O–H groups in total. The Balaban J connectivity index is 1.53. The van der Waals surface area contributed by atoms with Gasteiger partial charge in [-0.15, -0.1) is 0 Å². The molecule has 1 amide bonds. The number of amides is 1. The second-order valence-electron chi connectivity index (χ2n) is 11.9. The average Bonchev–Trinajstić information content (AvgIpc) is 3.02. The normalized spacial score (nSPS) is 23.5. The number of rotatable bonds is 9. The first kappa shape index (κ1) is 30.7. The van der Waals surface area contributed by atoms with Gasteiger partial charge in [-0.05, 0) is 91.0 Å². The molecule has 0 bridgehead atoms. The molecular weight excluding hydrogens is 548 g/mol. The highest BCUT2D eigenvalue weighted by molar-refractivity contribution is 5.97. The Morgan fingerprint density at radius 2 is 1.42 bits per heavy atom. The third kappa shape index (κ3) is 5.92. The van der Waals surface area contributed by atoms with Crippen molar-refractivity contribution in [3.8, 4) is 23.0 Å². The van der Waals surface area contributed by atoms with E-state index in [4.69, 9.17) is 18.9 Å². The number of carboxylic acids is 1. The Kier molecular flexibility index (Phi) is 9.20. The van der Waals surface area contributed by atoms with Gasteiger partial charge < -0.3 is 29.0 Å². The molecule has 0 radical (unpaired) electrons. The number of hydrogen-bond acceptors (Lipinski definition) is 7. The zero-order chi connectivity index (χ0) is 30.8. The lowest BCUT2D eigenvalue weighted by Gasteiger charge is -2.49. The number of methoxy groups -OCH3 is 4. The smallest absolute Gasteiger partial charge is 0.331 e. The summed E-state index contributed by atoms with van der Waals surface area (Å²) in [6.07, 6.45) is 5.68. The SMILES string of the molecule is CCC1CN2CCc3cc(OC)c(OC)cc3C2CC1CC1c2cc(OC)c(OC)cc2CCN1C(=O)/C=C(/C)C(=O)O. The predicted octanol–water partition coefficient (Wildman–Crippen LogP) is 5.21. The van der Waals surface area contributed by atoms with Crippen molar-refractivity contribution in [2.75, 3.05) is 48.1 Å². The van der Waals surface area contributed by atoms with Crippen molar-refractivity contribution in [3.05, 3.63) is 58.2 Å². The highest BCUT2D eigenvalue weighted by atomic mass is 16.5. The fraction of sp³-hybridized carbons (Fsp3) is 0.529. The van der Waals surface area contributed by atoms with Crippen LogP contribution in [0.2, 0.25) is 0 Å². The van der Waals surface area contributed by atoms with Crippen molar-refractivity contribution in [2.45, 2.75) is 58.0 Å². The average molecular weight is 593 g/mol. The minimum atomic E-state index is -1.09. The Labute approximate surface area is 254 Å². The van der Waals surface area contributed by atoms with Gasteiger partial charge in [0.25, 0.3) is 0 Å². The zero-order valence-corrected chi connectivity index (χ0v) is 26.1. The molecular formula is C34H44N2O7. The number of carboxylic acid groups (broad SMARTS) is 1. The predicted molar refractivity (Wildman–Crippen MR) is 163 cm³/mol. The van der Waals surface area contributed by atoms with Crippen LogP contribution in [0.3, 0.4) is 0 Å². The molecule has 43 heavy (non-hydrogen) atoms. The van der Waals surface area contributed by atoms with Gasteiger partial charge in [0.15, 0.2) is 23.0 Å². The van der Waals surface area contributed by atoms with E-state index < -0.39 is 5.97 Å². The van der Waals surface area contributed by atoms with Crippen molar-refractivity contribution < 1.29 is 33.6 Å². The molecule has 3 heterocycles. The van der Waals surface area contributed by atoms with Crippen LogP contribution in [0.4, 0.5) is 0 Å². The zero-order valence-electron chi connectivity index (χ0n) is 26.1. The van der Waals surface area contributed by atoms with Gasteiger partial charge in [0.05, 0.1) is 34.5 Å². The molecule has 9 nitrogen and oxygen atoms in total. The van der Waals surface area contributed by atoms with E-state index >= 15 is 0 Å². The van der Waals surface area contributed by atoms with E-state index in [9.17, 15) is 14.7 Å². The lowest BCUT2D eigenvalue weighted by Crippen LogP contribution is -2.47. The molecule has 0 aliphatic carbocycles. The summed E-state index contributed by atoms with van der Waals surface area (Å²) in [7, 11) is 6.61. The number of ether oxygens (including phenoxy) is 4. The number of carbonyl (C=O) groups is 2. The summed E-state index contributed by atoms with van der Waals surface area (Å²) in [4.78, 5) is 29.7. The Morgan fingerprint density at radius 3 is 2.00 bits per heavy atom. The molecule has 0 spiro atoms. The fourth-order valence-corrected chi connectivity index (χ4v) is 7.42. The Morgan fingerprint density at radius 1 is 0.860 bits per heavy atom. The quantitative estimate of drug-likeness (QED) is 0.396. The van der Waals surface area contributed by atoms with Gasteiger partial charge in [0, 0.05) is 37.3 Å². The molecule has 0 saturated carbocycles. The summed E-state index contributed by atoms with van der Waals surface area (Å²) >= 11 is 0. The lowest BCUT2D eigenvalue weighted by atomic mass is 9.72. The number of fused-ring (bicyclic) bond motifs is 4. The van der Waals surface area contributed by atoms with Gasteiger partial charge in [-0.25, -0.2) is 4.79 Å². The molecule has 4 unspecified atom stereocenters. The highest BCUT2D eigenvalue weighted by Crippen LogP contribution is 2.49. The van der Waals surface area contributed by atoms with Crippen LogP contribution in [0, 0.1) is 11.8 Å². The largest absolute Gasteiger partial charge is 0.493 e. The second-order valence-corrected chi connectivity index (χ2v) is 11.9. The minimum Gasteiger partial charge on any atom is -0.493 e. The molecule has 4 atom stereocenters. The first-order chi connectivity index (χ1) is 20.7. The number of piperidine rings is 1. The second kappa shape index (κ2) is 12.9. The molecule has 232 valence electrons. The molecule has 3 aliphatic heterocycles. The van der Waals surface area contributed by atoms with Crippen LogP contribution < -0.4 is 18.9 Å². The van der Waals surface area contributed by atoms with E-state index in [0.717, 1.165) is 61.4 Å². The maximum Gasteiger partial charge on any atom is 0.331 e. The number of benzene rings is 2. The van der Waals surface area contributed by atoms with E-state index in [1.165, 1.54) is 24.1 Å². The van der Waals surface area contributed by atoms with Crippen LogP contribution in [-0.4, -0.2) is 74.9 Å². The standard InChI is InChI=1S/C34H44N2O7/c1-7-21-19-35-10-8-22-15-29(40-3)31(42-5)17-25(22)27(35)13-24(21)14-28-26-18-32(43-6)30(41-4)16-23(26)9-11-36(28)33(37)12-20(2)34(38)39/h12,15-18,21,24,27-28H,7-11,13-14,19H2,1-6H3,(H,38,39)/b20-12-. The first-order valence-electron chi connectivity index (χ1n) is 15.2. The van der Waals surface area contributed by atoms with Crippen molar-refractivity contribution in [1.29, 1.82) is 0 Å². The summed E-state index contributed by atoms with van der Waals surface area (Å²) in [5, 5.41) is 9.48. The van der Waals surface area contributed by atoms with Gasteiger partial charge >= 0.3 is 5.97 Å². The van der Waals surface area contributed by atoms with E-state index in [1.807, 2.05) is 17.0 Å². The van der Waals surface area contributed by atoms with Gasteiger partial charge in [0.1, 0.15) is 0 Å². The number of aliphatic carboxylic acids is 1. The summed E-state index contributed by atoms with van der Waals surface area (Å²) in [5.41, 5.74) is 4.82. The molecule has 5 rings (SSSR count). The Hall–Kier alpha value is -3.72. The first-order valence-corrected chi connectivity index (χ1v) is 15.2. The van der Waals surface area contributed by atoms with E-state index in [2.05, 4.69) is 24.0 Å². The number of hydrogen-bond donors (Lipinski definition) is 1. The number of carbonyl (C=O) groups excluding carboxylic acids is 1. The van der Waals surface area contributed by atoms with Crippen molar-refractivity contribution in [1.82, 2.24) is 9.80 Å². The summed E-state index contributed by atoms with van der Waals surface area (Å²) in [6.45, 7) is 6.23.